The van der Waals surface area contributed by atoms with E-state index in [-0.39, 0.29) is 5.41 Å². The van der Waals surface area contributed by atoms with Crippen LogP contribution in [0.4, 0.5) is 34.1 Å². The Kier molecular flexibility index (Phi) is 8.86. The van der Waals surface area contributed by atoms with Crippen molar-refractivity contribution in [3.63, 3.8) is 0 Å². The van der Waals surface area contributed by atoms with Crippen molar-refractivity contribution < 1.29 is 0 Å². The van der Waals surface area contributed by atoms with Crippen LogP contribution in [0, 0.1) is 0 Å². The first-order chi connectivity index (χ1) is 30.0. The minimum atomic E-state index is -0.217. The van der Waals surface area contributed by atoms with Crippen molar-refractivity contribution in [3.05, 3.63) is 242 Å². The summed E-state index contributed by atoms with van der Waals surface area (Å²) in [5.74, 6) is 0. The number of benzene rings is 10. The second-order valence-electron chi connectivity index (χ2n) is 16.6. The molecule has 290 valence electrons. The first-order valence-corrected chi connectivity index (χ1v) is 21.2. The lowest BCUT2D eigenvalue weighted by Crippen LogP contribution is -2.31. The van der Waals surface area contributed by atoms with E-state index in [0.29, 0.717) is 0 Å². The molecule has 0 saturated carbocycles. The van der Waals surface area contributed by atoms with E-state index >= 15 is 0 Å². The first-order valence-electron chi connectivity index (χ1n) is 21.2. The highest BCUT2D eigenvalue weighted by molar-refractivity contribution is 6.08. The van der Waals surface area contributed by atoms with Gasteiger partial charge in [0.05, 0.1) is 17.1 Å². The molecule has 0 saturated heterocycles. The number of rotatable bonds is 7. The maximum atomic E-state index is 2.56. The molecule has 61 heavy (non-hydrogen) atoms. The zero-order valence-corrected chi connectivity index (χ0v) is 34.3. The second kappa shape index (κ2) is 14.9. The quantitative estimate of drug-likeness (QED) is 0.159. The standard InChI is InChI=1S/C59H44N2/c1-59(2)54-26-13-14-27-56(54)61(58-52-25-12-11-17-43(52)32-36-53(58)48-29-28-41-16-9-10-18-44(41)39-48)57-40-47(33-37-55(57)59)46-20-15-19-45(38-46)42-30-34-51(35-31-42)60(49-21-5-3-6-22-49)50-23-7-4-8-24-50/h3-40H,1-2H3. The molecular weight excluding hydrogens is 737 g/mol. The first kappa shape index (κ1) is 36.4. The maximum absolute atomic E-state index is 2.56. The van der Waals surface area contributed by atoms with Crippen LogP contribution in [0.1, 0.15) is 25.0 Å². The summed E-state index contributed by atoms with van der Waals surface area (Å²) in [7, 11) is 0. The molecule has 11 rings (SSSR count). The molecule has 10 aromatic rings. The van der Waals surface area contributed by atoms with Crippen molar-refractivity contribution in [1.82, 2.24) is 0 Å². The number of hydrogen-bond acceptors (Lipinski definition) is 2. The number of hydrogen-bond donors (Lipinski definition) is 0. The van der Waals surface area contributed by atoms with Gasteiger partial charge in [0.1, 0.15) is 0 Å². The van der Waals surface area contributed by atoms with Crippen molar-refractivity contribution in [2.24, 2.45) is 0 Å². The summed E-state index contributed by atoms with van der Waals surface area (Å²) < 4.78 is 0. The molecule has 0 bridgehead atoms. The predicted octanol–water partition coefficient (Wildman–Crippen LogP) is 16.6. The Balaban J connectivity index is 1.04. The van der Waals surface area contributed by atoms with E-state index < -0.39 is 0 Å². The lowest BCUT2D eigenvalue weighted by molar-refractivity contribution is 0.632. The van der Waals surface area contributed by atoms with Crippen molar-refractivity contribution in [2.75, 3.05) is 9.80 Å². The minimum Gasteiger partial charge on any atom is -0.311 e. The van der Waals surface area contributed by atoms with Gasteiger partial charge in [-0.2, -0.15) is 0 Å². The van der Waals surface area contributed by atoms with Crippen LogP contribution >= 0.6 is 0 Å². The summed E-state index contributed by atoms with van der Waals surface area (Å²) in [5.41, 5.74) is 16.5. The van der Waals surface area contributed by atoms with Gasteiger partial charge in [0.2, 0.25) is 0 Å². The number of nitrogens with zero attached hydrogens (tertiary/aromatic N) is 2. The fourth-order valence-electron chi connectivity index (χ4n) is 9.51. The smallest absolute Gasteiger partial charge is 0.0618 e. The van der Waals surface area contributed by atoms with Gasteiger partial charge in [-0.15, -0.1) is 0 Å². The molecule has 2 heteroatoms. The number of anilines is 6. The Morgan fingerprint density at radius 1 is 0.344 bits per heavy atom. The van der Waals surface area contributed by atoms with Crippen LogP contribution in [0.3, 0.4) is 0 Å². The fourth-order valence-corrected chi connectivity index (χ4v) is 9.51. The van der Waals surface area contributed by atoms with Crippen LogP contribution in [0.2, 0.25) is 0 Å². The summed E-state index contributed by atoms with van der Waals surface area (Å²) in [6.07, 6.45) is 0. The van der Waals surface area contributed by atoms with Gasteiger partial charge in [-0.25, -0.2) is 0 Å². The molecule has 1 aliphatic rings. The van der Waals surface area contributed by atoms with Crippen LogP contribution in [0.5, 0.6) is 0 Å². The van der Waals surface area contributed by atoms with Crippen molar-refractivity contribution >= 4 is 55.7 Å². The largest absolute Gasteiger partial charge is 0.311 e. The molecule has 1 aliphatic heterocycles. The summed E-state index contributed by atoms with van der Waals surface area (Å²) in [4.78, 5) is 4.86. The molecule has 0 radical (unpaired) electrons. The van der Waals surface area contributed by atoms with E-state index in [0.717, 1.165) is 17.1 Å². The average Bonchev–Trinajstić information content (AvgIpc) is 3.32. The zero-order chi connectivity index (χ0) is 40.9. The topological polar surface area (TPSA) is 6.48 Å². The van der Waals surface area contributed by atoms with Gasteiger partial charge in [0.25, 0.3) is 0 Å². The molecule has 1 heterocycles. The molecule has 10 aromatic carbocycles. The number of para-hydroxylation sites is 3. The van der Waals surface area contributed by atoms with E-state index in [9.17, 15) is 0 Å². The molecule has 0 amide bonds. The van der Waals surface area contributed by atoms with Crippen LogP contribution in [-0.4, -0.2) is 0 Å². The molecule has 0 aliphatic carbocycles. The molecule has 0 aromatic heterocycles. The molecule has 2 nitrogen and oxygen atoms in total. The third kappa shape index (κ3) is 6.36. The monoisotopic (exact) mass is 780 g/mol. The lowest BCUT2D eigenvalue weighted by atomic mass is 9.73. The van der Waals surface area contributed by atoms with Gasteiger partial charge in [-0.1, -0.05) is 184 Å². The Morgan fingerprint density at radius 3 is 1.64 bits per heavy atom. The van der Waals surface area contributed by atoms with Crippen LogP contribution in [-0.2, 0) is 5.41 Å². The third-order valence-corrected chi connectivity index (χ3v) is 12.6. The van der Waals surface area contributed by atoms with E-state index in [2.05, 4.69) is 254 Å². The normalized spacial score (nSPS) is 12.9. The summed E-state index contributed by atoms with van der Waals surface area (Å²) in [5, 5.41) is 4.92. The average molecular weight is 781 g/mol. The highest BCUT2D eigenvalue weighted by Gasteiger charge is 2.38. The molecule has 0 atom stereocenters. The van der Waals surface area contributed by atoms with E-state index in [4.69, 9.17) is 0 Å². The van der Waals surface area contributed by atoms with Gasteiger partial charge < -0.3 is 9.80 Å². The third-order valence-electron chi connectivity index (χ3n) is 12.6. The molecule has 0 fully saturated rings. The Morgan fingerprint density at radius 2 is 0.885 bits per heavy atom. The molecule has 0 spiro atoms. The van der Waals surface area contributed by atoms with E-state index in [1.165, 1.54) is 83.1 Å². The highest BCUT2D eigenvalue weighted by atomic mass is 15.2. The van der Waals surface area contributed by atoms with Crippen molar-refractivity contribution in [3.8, 4) is 33.4 Å². The van der Waals surface area contributed by atoms with Crippen LogP contribution < -0.4 is 9.80 Å². The SMILES string of the molecule is CC1(C)c2ccccc2N(c2c(-c3ccc4ccccc4c3)ccc3ccccc23)c2cc(-c3cccc(-c4ccc(N(c5ccccc5)c5ccccc5)cc4)c3)ccc21. The predicted molar refractivity (Wildman–Crippen MR) is 259 cm³/mol. The molecule has 0 unspecified atom stereocenters. The summed E-state index contributed by atoms with van der Waals surface area (Å²) in [6.45, 7) is 4.74. The van der Waals surface area contributed by atoms with Crippen molar-refractivity contribution in [1.29, 1.82) is 0 Å². The van der Waals surface area contributed by atoms with Crippen LogP contribution in [0.15, 0.2) is 231 Å². The molecular formula is C59H44N2. The summed E-state index contributed by atoms with van der Waals surface area (Å²) in [6, 6.07) is 84.2. The maximum Gasteiger partial charge on any atom is 0.0618 e. The lowest BCUT2D eigenvalue weighted by Gasteiger charge is -2.43. The van der Waals surface area contributed by atoms with Gasteiger partial charge in [-0.05, 0) is 116 Å². The van der Waals surface area contributed by atoms with Crippen molar-refractivity contribution in [2.45, 2.75) is 19.3 Å². The Hall–Kier alpha value is -7.68. The Labute approximate surface area is 358 Å². The van der Waals surface area contributed by atoms with Crippen LogP contribution in [0.25, 0.3) is 54.9 Å². The highest BCUT2D eigenvalue weighted by Crippen LogP contribution is 2.55. The van der Waals surface area contributed by atoms with Gasteiger partial charge in [-0.3, -0.25) is 0 Å². The zero-order valence-electron chi connectivity index (χ0n) is 34.3. The van der Waals surface area contributed by atoms with Gasteiger partial charge in [0.15, 0.2) is 0 Å². The summed E-state index contributed by atoms with van der Waals surface area (Å²) >= 11 is 0. The fraction of sp³-hybridized carbons (Fsp3) is 0.0508. The van der Waals surface area contributed by atoms with E-state index in [1.807, 2.05) is 0 Å². The molecule has 0 N–H and O–H groups in total. The minimum absolute atomic E-state index is 0.217. The number of fused-ring (bicyclic) bond motifs is 4. The Bertz CT molecular complexity index is 3180. The van der Waals surface area contributed by atoms with Gasteiger partial charge >= 0.3 is 0 Å². The van der Waals surface area contributed by atoms with Gasteiger partial charge in [0, 0.05) is 33.4 Å². The van der Waals surface area contributed by atoms with E-state index in [1.54, 1.807) is 0 Å². The second-order valence-corrected chi connectivity index (χ2v) is 16.6.